The van der Waals surface area contributed by atoms with Crippen LogP contribution < -0.4 is 4.74 Å². The zero-order valence-corrected chi connectivity index (χ0v) is 10.8. The Morgan fingerprint density at radius 2 is 1.75 bits per heavy atom. The lowest BCUT2D eigenvalue weighted by Crippen LogP contribution is -2.08. The summed E-state index contributed by atoms with van der Waals surface area (Å²) < 4.78 is 9.83. The molecule has 0 saturated carbocycles. The largest absolute Gasteiger partial charge is 0.513 e. The number of hydrogen-bond donors (Lipinski definition) is 1. The predicted octanol–water partition coefficient (Wildman–Crippen LogP) is 3.84. The van der Waals surface area contributed by atoms with Gasteiger partial charge in [-0.25, -0.2) is 4.79 Å². The molecular formula is C16H12O4. The number of fused-ring (bicyclic) bond motifs is 2. The Bertz CT molecular complexity index is 808. The number of carbonyl (C=O) groups excluding carboxylic acids is 1. The fourth-order valence-corrected chi connectivity index (χ4v) is 2.24. The summed E-state index contributed by atoms with van der Waals surface area (Å²) in [7, 11) is 1.26. The molecule has 100 valence electrons. The Kier molecular flexibility index (Phi) is 2.91. The Balaban J connectivity index is 2.38. The zero-order chi connectivity index (χ0) is 14.1. The molecule has 0 spiro atoms. The van der Waals surface area contributed by atoms with Crippen LogP contribution in [0.5, 0.6) is 11.5 Å². The van der Waals surface area contributed by atoms with Crippen molar-refractivity contribution in [3.63, 3.8) is 0 Å². The maximum atomic E-state index is 11.4. The SMILES string of the molecule is COC(=O)Oc1c2ccccc2cc2ccc(O)cc12. The van der Waals surface area contributed by atoms with Crippen LogP contribution >= 0.6 is 0 Å². The number of hydrogen-bond acceptors (Lipinski definition) is 4. The average Bonchev–Trinajstić information content (AvgIpc) is 2.47. The maximum Gasteiger partial charge on any atom is 0.513 e. The third-order valence-electron chi connectivity index (χ3n) is 3.15. The van der Waals surface area contributed by atoms with Crippen molar-refractivity contribution >= 4 is 27.7 Å². The minimum atomic E-state index is -0.786. The molecule has 3 rings (SSSR count). The van der Waals surface area contributed by atoms with Crippen LogP contribution in [0.25, 0.3) is 21.5 Å². The third kappa shape index (κ3) is 2.01. The summed E-state index contributed by atoms with van der Waals surface area (Å²) in [5.41, 5.74) is 0. The summed E-state index contributed by atoms with van der Waals surface area (Å²) in [5.74, 6) is 0.503. The lowest BCUT2D eigenvalue weighted by Gasteiger charge is -2.11. The van der Waals surface area contributed by atoms with Gasteiger partial charge in [0.2, 0.25) is 0 Å². The van der Waals surface area contributed by atoms with Crippen molar-refractivity contribution in [2.24, 2.45) is 0 Å². The molecule has 0 amide bonds. The van der Waals surface area contributed by atoms with Crippen molar-refractivity contribution in [1.29, 1.82) is 0 Å². The van der Waals surface area contributed by atoms with Gasteiger partial charge in [-0.3, -0.25) is 0 Å². The van der Waals surface area contributed by atoms with Gasteiger partial charge < -0.3 is 14.6 Å². The van der Waals surface area contributed by atoms with Gasteiger partial charge in [-0.2, -0.15) is 0 Å². The van der Waals surface area contributed by atoms with E-state index in [1.54, 1.807) is 18.2 Å². The molecule has 0 aliphatic carbocycles. The minimum Gasteiger partial charge on any atom is -0.508 e. The molecule has 0 aliphatic heterocycles. The van der Waals surface area contributed by atoms with Crippen molar-refractivity contribution in [3.05, 3.63) is 48.5 Å². The summed E-state index contributed by atoms with van der Waals surface area (Å²) in [6, 6.07) is 14.5. The molecule has 20 heavy (non-hydrogen) atoms. The van der Waals surface area contributed by atoms with E-state index in [1.807, 2.05) is 30.3 Å². The van der Waals surface area contributed by atoms with Gasteiger partial charge in [-0.05, 0) is 29.0 Å². The molecule has 0 aliphatic rings. The quantitative estimate of drug-likeness (QED) is 0.414. The van der Waals surface area contributed by atoms with Gasteiger partial charge in [0, 0.05) is 10.8 Å². The lowest BCUT2D eigenvalue weighted by atomic mass is 10.0. The van der Waals surface area contributed by atoms with Gasteiger partial charge in [0.1, 0.15) is 11.5 Å². The highest BCUT2D eigenvalue weighted by Crippen LogP contribution is 2.36. The molecule has 3 aromatic rings. The number of benzene rings is 3. The Labute approximate surface area is 115 Å². The van der Waals surface area contributed by atoms with Gasteiger partial charge in [-0.15, -0.1) is 0 Å². The molecule has 1 N–H and O–H groups in total. The summed E-state index contributed by atoms with van der Waals surface area (Å²) in [6.07, 6.45) is -0.786. The van der Waals surface area contributed by atoms with Gasteiger partial charge >= 0.3 is 6.16 Å². The van der Waals surface area contributed by atoms with Gasteiger partial charge in [-0.1, -0.05) is 30.3 Å². The summed E-state index contributed by atoms with van der Waals surface area (Å²) in [4.78, 5) is 11.4. The van der Waals surface area contributed by atoms with Crippen LogP contribution in [0.1, 0.15) is 0 Å². The topological polar surface area (TPSA) is 55.8 Å². The Morgan fingerprint density at radius 3 is 2.55 bits per heavy atom. The highest BCUT2D eigenvalue weighted by molar-refractivity contribution is 6.06. The van der Waals surface area contributed by atoms with E-state index in [-0.39, 0.29) is 5.75 Å². The standard InChI is InChI=1S/C16H12O4/c1-19-16(18)20-15-13-5-3-2-4-10(13)8-11-6-7-12(17)9-14(11)15/h2-9,17H,1H3. The molecule has 4 nitrogen and oxygen atoms in total. The number of aromatic hydroxyl groups is 1. The summed E-state index contributed by atoms with van der Waals surface area (Å²) >= 11 is 0. The molecule has 0 unspecified atom stereocenters. The van der Waals surface area contributed by atoms with Crippen molar-refractivity contribution in [3.8, 4) is 11.5 Å². The fraction of sp³-hybridized carbons (Fsp3) is 0.0625. The molecule has 0 aromatic heterocycles. The molecule has 3 aromatic carbocycles. The number of carbonyl (C=O) groups is 1. The first kappa shape index (κ1) is 12.3. The van der Waals surface area contributed by atoms with Crippen LogP contribution in [-0.4, -0.2) is 18.4 Å². The van der Waals surface area contributed by atoms with Crippen molar-refractivity contribution in [2.45, 2.75) is 0 Å². The summed E-state index contributed by atoms with van der Waals surface area (Å²) in [5, 5.41) is 12.9. The molecule has 0 heterocycles. The molecule has 4 heteroatoms. The number of methoxy groups -OCH3 is 1. The number of phenols is 1. The van der Waals surface area contributed by atoms with Crippen LogP contribution in [0.2, 0.25) is 0 Å². The first-order valence-corrected chi connectivity index (χ1v) is 6.09. The van der Waals surface area contributed by atoms with E-state index in [9.17, 15) is 9.90 Å². The number of phenolic OH excluding ortho intramolecular Hbond substituents is 1. The molecule has 0 bridgehead atoms. The van der Waals surface area contributed by atoms with E-state index in [0.717, 1.165) is 16.2 Å². The second-order valence-corrected chi connectivity index (χ2v) is 4.39. The predicted molar refractivity (Wildman–Crippen MR) is 76.2 cm³/mol. The normalized spacial score (nSPS) is 10.7. The second kappa shape index (κ2) is 4.74. The van der Waals surface area contributed by atoms with Gasteiger partial charge in [0.05, 0.1) is 7.11 Å². The Morgan fingerprint density at radius 1 is 1.00 bits per heavy atom. The molecule has 0 radical (unpaired) electrons. The summed E-state index contributed by atoms with van der Waals surface area (Å²) in [6.45, 7) is 0. The van der Waals surface area contributed by atoms with E-state index >= 15 is 0 Å². The van der Waals surface area contributed by atoms with E-state index in [1.165, 1.54) is 7.11 Å². The van der Waals surface area contributed by atoms with E-state index in [2.05, 4.69) is 4.74 Å². The lowest BCUT2D eigenvalue weighted by molar-refractivity contribution is 0.122. The van der Waals surface area contributed by atoms with Crippen molar-refractivity contribution < 1.29 is 19.4 Å². The molecular weight excluding hydrogens is 256 g/mol. The van der Waals surface area contributed by atoms with Crippen LogP contribution in [0.4, 0.5) is 4.79 Å². The van der Waals surface area contributed by atoms with Crippen LogP contribution in [0, 0.1) is 0 Å². The third-order valence-corrected chi connectivity index (χ3v) is 3.15. The zero-order valence-electron chi connectivity index (χ0n) is 10.8. The second-order valence-electron chi connectivity index (χ2n) is 4.39. The van der Waals surface area contributed by atoms with Crippen LogP contribution in [-0.2, 0) is 4.74 Å². The van der Waals surface area contributed by atoms with Crippen molar-refractivity contribution in [2.75, 3.05) is 7.11 Å². The Hall–Kier alpha value is -2.75. The maximum absolute atomic E-state index is 11.4. The highest BCUT2D eigenvalue weighted by Gasteiger charge is 2.13. The molecule has 0 saturated heterocycles. The highest BCUT2D eigenvalue weighted by atomic mass is 16.7. The fourth-order valence-electron chi connectivity index (χ4n) is 2.24. The first-order chi connectivity index (χ1) is 9.69. The van der Waals surface area contributed by atoms with E-state index < -0.39 is 6.16 Å². The smallest absolute Gasteiger partial charge is 0.508 e. The van der Waals surface area contributed by atoms with Crippen molar-refractivity contribution in [1.82, 2.24) is 0 Å². The first-order valence-electron chi connectivity index (χ1n) is 6.09. The average molecular weight is 268 g/mol. The van der Waals surface area contributed by atoms with E-state index in [4.69, 9.17) is 4.74 Å². The monoisotopic (exact) mass is 268 g/mol. The molecule has 0 atom stereocenters. The van der Waals surface area contributed by atoms with Gasteiger partial charge in [0.15, 0.2) is 0 Å². The van der Waals surface area contributed by atoms with Crippen LogP contribution in [0.3, 0.4) is 0 Å². The molecule has 0 fully saturated rings. The number of rotatable bonds is 1. The van der Waals surface area contributed by atoms with E-state index in [0.29, 0.717) is 11.1 Å². The minimum absolute atomic E-state index is 0.113. The number of ether oxygens (including phenoxy) is 2. The van der Waals surface area contributed by atoms with Gasteiger partial charge in [0.25, 0.3) is 0 Å². The van der Waals surface area contributed by atoms with Crippen LogP contribution in [0.15, 0.2) is 48.5 Å².